The zero-order valence-electron chi connectivity index (χ0n) is 9.70. The van der Waals surface area contributed by atoms with Crippen molar-refractivity contribution in [2.24, 2.45) is 0 Å². The van der Waals surface area contributed by atoms with E-state index in [-0.39, 0.29) is 0 Å². The molecule has 1 aliphatic rings. The summed E-state index contributed by atoms with van der Waals surface area (Å²) in [7, 11) is 1.59. The number of aromatic nitrogens is 1. The van der Waals surface area contributed by atoms with Gasteiger partial charge in [-0.25, -0.2) is 0 Å². The van der Waals surface area contributed by atoms with Crippen molar-refractivity contribution < 1.29 is 14.0 Å². The largest absolute Gasteiger partial charge is 0.493 e. The van der Waals surface area contributed by atoms with Crippen LogP contribution < -0.4 is 15.2 Å². The molecule has 0 unspecified atom stereocenters. The fourth-order valence-corrected chi connectivity index (χ4v) is 2.38. The van der Waals surface area contributed by atoms with Crippen molar-refractivity contribution in [3.8, 4) is 22.8 Å². The molecule has 0 spiro atoms. The quantitative estimate of drug-likeness (QED) is 0.904. The molecule has 3 rings (SSSR count). The Morgan fingerprint density at radius 1 is 1.44 bits per heavy atom. The molecule has 94 valence electrons. The van der Waals surface area contributed by atoms with Crippen molar-refractivity contribution in [3.63, 3.8) is 0 Å². The van der Waals surface area contributed by atoms with Gasteiger partial charge in [0.05, 0.1) is 18.7 Å². The number of nitrogen functional groups attached to an aromatic ring is 1. The van der Waals surface area contributed by atoms with Crippen LogP contribution in [-0.4, -0.2) is 18.9 Å². The molecule has 2 heterocycles. The molecule has 1 aromatic carbocycles. The topological polar surface area (TPSA) is 70.5 Å². The Labute approximate surface area is 108 Å². The normalized spacial score (nSPS) is 13.2. The summed E-state index contributed by atoms with van der Waals surface area (Å²) < 4.78 is 16.0. The molecule has 1 aliphatic heterocycles. The van der Waals surface area contributed by atoms with E-state index in [9.17, 15) is 0 Å². The highest BCUT2D eigenvalue weighted by Crippen LogP contribution is 2.45. The average molecular weight is 267 g/mol. The van der Waals surface area contributed by atoms with Crippen LogP contribution in [0, 0.1) is 0 Å². The molecule has 0 amide bonds. The number of halogens is 1. The third-order valence-electron chi connectivity index (χ3n) is 2.89. The van der Waals surface area contributed by atoms with Crippen LogP contribution in [0.2, 0.25) is 5.02 Å². The maximum atomic E-state index is 6.36. The minimum absolute atomic E-state index is 0.316. The molecule has 0 saturated heterocycles. The van der Waals surface area contributed by atoms with E-state index in [0.29, 0.717) is 40.3 Å². The highest BCUT2D eigenvalue weighted by Gasteiger charge is 2.25. The zero-order valence-corrected chi connectivity index (χ0v) is 10.5. The number of ether oxygens (including phenoxy) is 2. The maximum Gasteiger partial charge on any atom is 0.170 e. The van der Waals surface area contributed by atoms with Gasteiger partial charge in [-0.15, -0.1) is 0 Å². The van der Waals surface area contributed by atoms with Crippen LogP contribution in [0.3, 0.4) is 0 Å². The minimum Gasteiger partial charge on any atom is -0.493 e. The highest BCUT2D eigenvalue weighted by molar-refractivity contribution is 6.34. The lowest BCUT2D eigenvalue weighted by molar-refractivity contribution is 0.326. The molecule has 18 heavy (non-hydrogen) atoms. The molecule has 5 nitrogen and oxygen atoms in total. The van der Waals surface area contributed by atoms with Gasteiger partial charge in [-0.3, -0.25) is 0 Å². The number of benzene rings is 1. The van der Waals surface area contributed by atoms with E-state index >= 15 is 0 Å². The molecule has 0 bridgehead atoms. The van der Waals surface area contributed by atoms with Crippen molar-refractivity contribution in [3.05, 3.63) is 22.7 Å². The smallest absolute Gasteiger partial charge is 0.170 e. The fraction of sp³-hybridized carbons (Fsp3) is 0.250. The number of hydrogen-bond donors (Lipinski definition) is 1. The number of anilines is 1. The number of nitrogens with zero attached hydrogens (tertiary/aromatic N) is 1. The van der Waals surface area contributed by atoms with Gasteiger partial charge in [-0.2, -0.15) is 0 Å². The number of hydrogen-bond acceptors (Lipinski definition) is 5. The molecule has 1 aromatic heterocycles. The second kappa shape index (κ2) is 4.10. The van der Waals surface area contributed by atoms with E-state index in [2.05, 4.69) is 5.16 Å². The van der Waals surface area contributed by atoms with Crippen LogP contribution in [0.5, 0.6) is 11.5 Å². The number of fused-ring (bicyclic) bond motifs is 1. The van der Waals surface area contributed by atoms with E-state index in [1.165, 1.54) is 0 Å². The SMILES string of the molecule is COc1cc(-c2cc(N)no2)c(Cl)c2c1OCC2. The molecule has 2 N–H and O–H groups in total. The van der Waals surface area contributed by atoms with Crippen LogP contribution in [0.1, 0.15) is 5.56 Å². The monoisotopic (exact) mass is 266 g/mol. The summed E-state index contributed by atoms with van der Waals surface area (Å²) in [4.78, 5) is 0. The Balaban J connectivity index is 2.21. The van der Waals surface area contributed by atoms with E-state index < -0.39 is 0 Å². The molecule has 0 radical (unpaired) electrons. The Kier molecular flexibility index (Phi) is 2.56. The molecular weight excluding hydrogens is 256 g/mol. The van der Waals surface area contributed by atoms with Crippen LogP contribution in [0.4, 0.5) is 5.82 Å². The van der Waals surface area contributed by atoms with Crippen LogP contribution in [0.15, 0.2) is 16.7 Å². The van der Waals surface area contributed by atoms with E-state index in [1.807, 2.05) is 0 Å². The standard InChI is InChI=1S/C12H11ClN2O3/c1-16-9-4-7(8-5-10(14)15-18-8)11(13)6-2-3-17-12(6)9/h4-5H,2-3H2,1H3,(H2,14,15). The number of nitrogens with two attached hydrogens (primary N) is 1. The van der Waals surface area contributed by atoms with Gasteiger partial charge in [0.1, 0.15) is 0 Å². The average Bonchev–Trinajstić information content (AvgIpc) is 2.99. The van der Waals surface area contributed by atoms with Gasteiger partial charge in [-0.1, -0.05) is 16.8 Å². The van der Waals surface area contributed by atoms with Crippen molar-refractivity contribution in [2.45, 2.75) is 6.42 Å². The van der Waals surface area contributed by atoms with Gasteiger partial charge in [0.15, 0.2) is 23.1 Å². The van der Waals surface area contributed by atoms with Gasteiger partial charge in [0.25, 0.3) is 0 Å². The lowest BCUT2D eigenvalue weighted by Crippen LogP contribution is -1.91. The molecule has 0 atom stereocenters. The first kappa shape index (κ1) is 11.2. The van der Waals surface area contributed by atoms with Gasteiger partial charge in [0.2, 0.25) is 0 Å². The summed E-state index contributed by atoms with van der Waals surface area (Å²) in [6.45, 7) is 0.605. The summed E-state index contributed by atoms with van der Waals surface area (Å²) in [6, 6.07) is 3.40. The van der Waals surface area contributed by atoms with Gasteiger partial charge >= 0.3 is 0 Å². The number of methoxy groups -OCH3 is 1. The van der Waals surface area contributed by atoms with Crippen LogP contribution >= 0.6 is 11.6 Å². The Bertz CT molecular complexity index is 610. The molecule has 0 fully saturated rings. The summed E-state index contributed by atoms with van der Waals surface area (Å²) in [6.07, 6.45) is 0.752. The lowest BCUT2D eigenvalue weighted by atomic mass is 10.1. The molecule has 6 heteroatoms. The molecule has 0 saturated carbocycles. The number of rotatable bonds is 2. The Morgan fingerprint density at radius 3 is 2.94 bits per heavy atom. The predicted octanol–water partition coefficient (Wildman–Crippen LogP) is 2.52. The van der Waals surface area contributed by atoms with Gasteiger partial charge < -0.3 is 19.7 Å². The van der Waals surface area contributed by atoms with Crippen molar-refractivity contribution in [2.75, 3.05) is 19.5 Å². The zero-order chi connectivity index (χ0) is 12.7. The third-order valence-corrected chi connectivity index (χ3v) is 3.32. The maximum absolute atomic E-state index is 6.36. The second-order valence-electron chi connectivity index (χ2n) is 3.96. The molecule has 2 aromatic rings. The first-order valence-corrected chi connectivity index (χ1v) is 5.83. The molecule has 0 aliphatic carbocycles. The van der Waals surface area contributed by atoms with Crippen molar-refractivity contribution >= 4 is 17.4 Å². The van der Waals surface area contributed by atoms with Crippen molar-refractivity contribution in [1.82, 2.24) is 5.16 Å². The predicted molar refractivity (Wildman–Crippen MR) is 67.1 cm³/mol. The van der Waals surface area contributed by atoms with E-state index in [1.54, 1.807) is 19.2 Å². The summed E-state index contributed by atoms with van der Waals surface area (Å²) >= 11 is 6.36. The fourth-order valence-electron chi connectivity index (χ4n) is 2.05. The van der Waals surface area contributed by atoms with Crippen LogP contribution in [-0.2, 0) is 6.42 Å². The Hall–Kier alpha value is -1.88. The van der Waals surface area contributed by atoms with Crippen LogP contribution in [0.25, 0.3) is 11.3 Å². The van der Waals surface area contributed by atoms with Gasteiger partial charge in [0, 0.05) is 23.6 Å². The van der Waals surface area contributed by atoms with Gasteiger partial charge in [-0.05, 0) is 6.07 Å². The minimum atomic E-state index is 0.316. The Morgan fingerprint density at radius 2 is 2.28 bits per heavy atom. The summed E-state index contributed by atoms with van der Waals surface area (Å²) in [5, 5.41) is 4.25. The first-order valence-electron chi connectivity index (χ1n) is 5.45. The van der Waals surface area contributed by atoms with E-state index in [0.717, 1.165) is 12.0 Å². The summed E-state index contributed by atoms with van der Waals surface area (Å²) in [5.74, 6) is 2.18. The lowest BCUT2D eigenvalue weighted by Gasteiger charge is -2.10. The van der Waals surface area contributed by atoms with E-state index in [4.69, 9.17) is 31.3 Å². The third kappa shape index (κ3) is 1.59. The van der Waals surface area contributed by atoms with Crippen molar-refractivity contribution in [1.29, 1.82) is 0 Å². The second-order valence-corrected chi connectivity index (χ2v) is 4.34. The highest BCUT2D eigenvalue weighted by atomic mass is 35.5. The molecular formula is C12H11ClN2O3. The first-order chi connectivity index (χ1) is 8.70. The summed E-state index contributed by atoms with van der Waals surface area (Å²) in [5.41, 5.74) is 7.19.